The Bertz CT molecular complexity index is 213. The lowest BCUT2D eigenvalue weighted by Crippen LogP contribution is -2.33. The Hall–Kier alpha value is -0.740. The van der Waals surface area contributed by atoms with Gasteiger partial charge in [0.15, 0.2) is 0 Å². The molecule has 15 heavy (non-hydrogen) atoms. The van der Waals surface area contributed by atoms with E-state index < -0.39 is 12.1 Å². The highest BCUT2D eigenvalue weighted by molar-refractivity contribution is 5.77. The maximum Gasteiger partial charge on any atom is 0.391 e. The van der Waals surface area contributed by atoms with Crippen LogP contribution in [0.5, 0.6) is 0 Å². The standard InChI is InChI=1S/C10H18F3NO/c1-7(2)9(15)14(4)6-5-8(3)10(11,12)13/h7-8H,5-6H2,1-4H3. The fourth-order valence-corrected chi connectivity index (χ4v) is 1.10. The fourth-order valence-electron chi connectivity index (χ4n) is 1.10. The molecule has 0 aromatic rings. The molecule has 0 bridgehead atoms. The highest BCUT2D eigenvalue weighted by Crippen LogP contribution is 2.28. The molecule has 0 saturated carbocycles. The van der Waals surface area contributed by atoms with E-state index in [2.05, 4.69) is 0 Å². The minimum Gasteiger partial charge on any atom is -0.346 e. The zero-order chi connectivity index (χ0) is 12.2. The molecule has 0 rings (SSSR count). The van der Waals surface area contributed by atoms with E-state index >= 15 is 0 Å². The van der Waals surface area contributed by atoms with Crippen LogP contribution in [-0.4, -0.2) is 30.6 Å². The van der Waals surface area contributed by atoms with E-state index in [-0.39, 0.29) is 24.8 Å². The summed E-state index contributed by atoms with van der Waals surface area (Å²) < 4.78 is 36.5. The van der Waals surface area contributed by atoms with Crippen molar-refractivity contribution in [2.75, 3.05) is 13.6 Å². The van der Waals surface area contributed by atoms with Gasteiger partial charge in [-0.05, 0) is 6.42 Å². The van der Waals surface area contributed by atoms with E-state index in [1.165, 1.54) is 11.9 Å². The van der Waals surface area contributed by atoms with Crippen LogP contribution < -0.4 is 0 Å². The molecule has 0 N–H and O–H groups in total. The first-order valence-electron chi connectivity index (χ1n) is 4.98. The molecule has 0 aromatic carbocycles. The van der Waals surface area contributed by atoms with Crippen LogP contribution >= 0.6 is 0 Å². The molecular formula is C10H18F3NO. The summed E-state index contributed by atoms with van der Waals surface area (Å²) in [7, 11) is 1.53. The van der Waals surface area contributed by atoms with Gasteiger partial charge in [-0.25, -0.2) is 0 Å². The third kappa shape index (κ3) is 5.04. The number of alkyl halides is 3. The van der Waals surface area contributed by atoms with Crippen molar-refractivity contribution >= 4 is 5.91 Å². The maximum atomic E-state index is 12.2. The Morgan fingerprint density at radius 2 is 1.73 bits per heavy atom. The topological polar surface area (TPSA) is 20.3 Å². The molecule has 1 amide bonds. The van der Waals surface area contributed by atoms with Gasteiger partial charge in [0.25, 0.3) is 0 Å². The summed E-state index contributed by atoms with van der Waals surface area (Å²) in [6.45, 7) is 4.74. The van der Waals surface area contributed by atoms with E-state index in [1.54, 1.807) is 13.8 Å². The molecule has 1 atom stereocenters. The molecule has 0 spiro atoms. The van der Waals surface area contributed by atoms with E-state index in [4.69, 9.17) is 0 Å². The molecule has 0 aliphatic rings. The van der Waals surface area contributed by atoms with Crippen LogP contribution in [0.15, 0.2) is 0 Å². The van der Waals surface area contributed by atoms with E-state index in [1.807, 2.05) is 0 Å². The van der Waals surface area contributed by atoms with Crippen LogP contribution in [0.4, 0.5) is 13.2 Å². The largest absolute Gasteiger partial charge is 0.391 e. The van der Waals surface area contributed by atoms with Crippen LogP contribution in [0.1, 0.15) is 27.2 Å². The van der Waals surface area contributed by atoms with Gasteiger partial charge in [0.05, 0.1) is 5.92 Å². The molecule has 0 fully saturated rings. The van der Waals surface area contributed by atoms with Gasteiger partial charge >= 0.3 is 6.18 Å². The van der Waals surface area contributed by atoms with Crippen molar-refractivity contribution in [3.63, 3.8) is 0 Å². The van der Waals surface area contributed by atoms with Crippen molar-refractivity contribution in [3.05, 3.63) is 0 Å². The number of rotatable bonds is 4. The third-order valence-electron chi connectivity index (χ3n) is 2.33. The minimum atomic E-state index is -4.16. The number of carbonyl (C=O) groups excluding carboxylic acids is 1. The molecule has 5 heteroatoms. The van der Waals surface area contributed by atoms with Gasteiger partial charge in [0, 0.05) is 19.5 Å². The second-order valence-corrected chi connectivity index (χ2v) is 4.15. The number of halogens is 3. The van der Waals surface area contributed by atoms with Gasteiger partial charge in [-0.15, -0.1) is 0 Å². The number of nitrogens with zero attached hydrogens (tertiary/aromatic N) is 1. The Balaban J connectivity index is 4.01. The highest BCUT2D eigenvalue weighted by atomic mass is 19.4. The second-order valence-electron chi connectivity index (χ2n) is 4.15. The Kier molecular flexibility index (Phi) is 5.11. The molecule has 0 aliphatic carbocycles. The summed E-state index contributed by atoms with van der Waals surface area (Å²) in [5.74, 6) is -1.65. The van der Waals surface area contributed by atoms with Gasteiger partial charge in [-0.1, -0.05) is 20.8 Å². The van der Waals surface area contributed by atoms with Gasteiger partial charge in [0.1, 0.15) is 0 Å². The molecule has 0 saturated heterocycles. The van der Waals surface area contributed by atoms with Crippen LogP contribution in [0.25, 0.3) is 0 Å². The molecule has 2 nitrogen and oxygen atoms in total. The number of hydrogen-bond acceptors (Lipinski definition) is 1. The number of hydrogen-bond donors (Lipinski definition) is 0. The van der Waals surface area contributed by atoms with Gasteiger partial charge < -0.3 is 4.90 Å². The molecule has 0 aromatic heterocycles. The second kappa shape index (κ2) is 5.37. The molecule has 90 valence electrons. The van der Waals surface area contributed by atoms with E-state index in [0.29, 0.717) is 0 Å². The van der Waals surface area contributed by atoms with Gasteiger partial charge in [0.2, 0.25) is 5.91 Å². The van der Waals surface area contributed by atoms with Crippen LogP contribution in [0.2, 0.25) is 0 Å². The quantitative estimate of drug-likeness (QED) is 0.720. The SMILES string of the molecule is CC(C)C(=O)N(C)CCC(C)C(F)(F)F. The smallest absolute Gasteiger partial charge is 0.346 e. The maximum absolute atomic E-state index is 12.2. The van der Waals surface area contributed by atoms with Gasteiger partial charge in [-0.2, -0.15) is 13.2 Å². The summed E-state index contributed by atoms with van der Waals surface area (Å²) in [4.78, 5) is 12.7. The van der Waals surface area contributed by atoms with Crippen molar-refractivity contribution in [1.82, 2.24) is 4.90 Å². The third-order valence-corrected chi connectivity index (χ3v) is 2.33. The van der Waals surface area contributed by atoms with Crippen molar-refractivity contribution in [3.8, 4) is 0 Å². The van der Waals surface area contributed by atoms with Crippen LogP contribution in [0.3, 0.4) is 0 Å². The van der Waals surface area contributed by atoms with Crippen molar-refractivity contribution in [1.29, 1.82) is 0 Å². The predicted octanol–water partition coefficient (Wildman–Crippen LogP) is 2.69. The lowest BCUT2D eigenvalue weighted by molar-refractivity contribution is -0.172. The average molecular weight is 225 g/mol. The highest BCUT2D eigenvalue weighted by Gasteiger charge is 2.35. The summed E-state index contributed by atoms with van der Waals surface area (Å²) in [6.07, 6.45) is -4.21. The zero-order valence-electron chi connectivity index (χ0n) is 9.56. The van der Waals surface area contributed by atoms with Gasteiger partial charge in [-0.3, -0.25) is 4.79 Å². The fraction of sp³-hybridized carbons (Fsp3) is 0.900. The van der Waals surface area contributed by atoms with E-state index in [9.17, 15) is 18.0 Å². The first-order valence-corrected chi connectivity index (χ1v) is 4.98. The Morgan fingerprint density at radius 1 is 1.27 bits per heavy atom. The number of carbonyl (C=O) groups is 1. The van der Waals surface area contributed by atoms with Crippen molar-refractivity contribution in [2.45, 2.75) is 33.4 Å². The molecule has 0 radical (unpaired) electrons. The average Bonchev–Trinajstić information content (AvgIpc) is 2.10. The minimum absolute atomic E-state index is 0.0432. The first-order chi connectivity index (χ1) is 6.66. The molecular weight excluding hydrogens is 207 g/mol. The van der Waals surface area contributed by atoms with Crippen LogP contribution in [-0.2, 0) is 4.79 Å². The zero-order valence-corrected chi connectivity index (χ0v) is 9.56. The Labute approximate surface area is 88.4 Å². The normalized spacial score (nSPS) is 14.1. The lowest BCUT2D eigenvalue weighted by atomic mass is 10.1. The summed E-state index contributed by atoms with van der Waals surface area (Å²) in [6, 6.07) is 0. The molecule has 0 aliphatic heterocycles. The Morgan fingerprint density at radius 3 is 2.07 bits per heavy atom. The summed E-state index contributed by atoms with van der Waals surface area (Å²) >= 11 is 0. The van der Waals surface area contributed by atoms with Crippen LogP contribution in [0, 0.1) is 11.8 Å². The summed E-state index contributed by atoms with van der Waals surface area (Å²) in [5, 5.41) is 0. The molecule has 1 unspecified atom stereocenters. The first kappa shape index (κ1) is 14.3. The monoisotopic (exact) mass is 225 g/mol. The summed E-state index contributed by atoms with van der Waals surface area (Å²) in [5.41, 5.74) is 0. The predicted molar refractivity (Wildman–Crippen MR) is 52.3 cm³/mol. The van der Waals surface area contributed by atoms with E-state index in [0.717, 1.165) is 6.92 Å². The molecule has 0 heterocycles. The lowest BCUT2D eigenvalue weighted by Gasteiger charge is -2.22. The van der Waals surface area contributed by atoms with Crippen molar-refractivity contribution < 1.29 is 18.0 Å². The van der Waals surface area contributed by atoms with Crippen molar-refractivity contribution in [2.24, 2.45) is 11.8 Å². The number of amides is 1.